The van der Waals surface area contributed by atoms with E-state index in [2.05, 4.69) is 21.2 Å². The fraction of sp³-hybridized carbons (Fsp3) is 0.571. The number of alkyl halides is 3. The maximum absolute atomic E-state index is 13.0. The van der Waals surface area contributed by atoms with Crippen LogP contribution in [0.3, 0.4) is 0 Å². The van der Waals surface area contributed by atoms with Crippen LogP contribution in [0.25, 0.3) is 0 Å². The van der Waals surface area contributed by atoms with Gasteiger partial charge in [0.15, 0.2) is 0 Å². The molecule has 1 aromatic carbocycles. The van der Waals surface area contributed by atoms with Crippen molar-refractivity contribution < 1.29 is 17.9 Å². The minimum absolute atomic E-state index is 0.0193. The summed E-state index contributed by atoms with van der Waals surface area (Å²) in [5, 5.41) is 3.02. The summed E-state index contributed by atoms with van der Waals surface area (Å²) in [5.41, 5.74) is -0.820. The van der Waals surface area contributed by atoms with Gasteiger partial charge < -0.3 is 10.1 Å². The molecule has 6 heteroatoms. The van der Waals surface area contributed by atoms with Gasteiger partial charge in [-0.15, -0.1) is 0 Å². The lowest BCUT2D eigenvalue weighted by Crippen LogP contribution is -2.40. The quantitative estimate of drug-likeness (QED) is 0.823. The van der Waals surface area contributed by atoms with Crippen LogP contribution >= 0.6 is 15.9 Å². The molecule has 2 nitrogen and oxygen atoms in total. The van der Waals surface area contributed by atoms with E-state index in [0.29, 0.717) is 23.9 Å². The zero-order valence-electron chi connectivity index (χ0n) is 11.4. The normalized spacial score (nSPS) is 22.6. The third kappa shape index (κ3) is 3.88. The van der Waals surface area contributed by atoms with Crippen LogP contribution in [0.5, 0.6) is 0 Å². The molecule has 1 N–H and O–H groups in total. The number of hydrogen-bond acceptors (Lipinski definition) is 2. The van der Waals surface area contributed by atoms with Crippen LogP contribution in [-0.4, -0.2) is 18.2 Å². The standard InChI is InChI=1S/C14H17BrF3NO/c1-13(2)8-10(5-6-20-13)19-12-7-9(15)3-4-11(12)14(16,17)18/h3-4,7,10,19H,5-6,8H2,1-2H3. The summed E-state index contributed by atoms with van der Waals surface area (Å²) in [7, 11) is 0. The maximum Gasteiger partial charge on any atom is 0.418 e. The zero-order chi connectivity index (χ0) is 15.0. The third-order valence-electron chi connectivity index (χ3n) is 3.34. The maximum atomic E-state index is 13.0. The third-order valence-corrected chi connectivity index (χ3v) is 3.84. The summed E-state index contributed by atoms with van der Waals surface area (Å²) in [6.07, 6.45) is -2.98. The number of hydrogen-bond donors (Lipinski definition) is 1. The van der Waals surface area contributed by atoms with Crippen LogP contribution in [0.2, 0.25) is 0 Å². The molecule has 0 radical (unpaired) electrons. The van der Waals surface area contributed by atoms with Gasteiger partial charge in [-0.2, -0.15) is 13.2 Å². The number of halogens is 4. The smallest absolute Gasteiger partial charge is 0.382 e. The molecule has 0 saturated carbocycles. The van der Waals surface area contributed by atoms with Crippen molar-refractivity contribution in [2.45, 2.75) is 44.5 Å². The minimum Gasteiger partial charge on any atom is -0.382 e. The van der Waals surface area contributed by atoms with Gasteiger partial charge in [0, 0.05) is 22.8 Å². The summed E-state index contributed by atoms with van der Waals surface area (Å²) in [4.78, 5) is 0. The number of anilines is 1. The first-order chi connectivity index (χ1) is 9.17. The van der Waals surface area contributed by atoms with Gasteiger partial charge in [0.05, 0.1) is 11.2 Å². The molecule has 2 rings (SSSR count). The molecule has 1 aliphatic rings. The fourth-order valence-corrected chi connectivity index (χ4v) is 2.82. The van der Waals surface area contributed by atoms with Crippen molar-refractivity contribution in [3.8, 4) is 0 Å². The first-order valence-electron chi connectivity index (χ1n) is 6.45. The van der Waals surface area contributed by atoms with Crippen molar-refractivity contribution in [2.24, 2.45) is 0 Å². The molecule has 1 unspecified atom stereocenters. The second kappa shape index (κ2) is 5.56. The molecule has 1 heterocycles. The molecule has 0 spiro atoms. The monoisotopic (exact) mass is 351 g/mol. The topological polar surface area (TPSA) is 21.3 Å². The first-order valence-corrected chi connectivity index (χ1v) is 7.24. The van der Waals surface area contributed by atoms with Gasteiger partial charge in [0.25, 0.3) is 0 Å². The van der Waals surface area contributed by atoms with Crippen LogP contribution in [-0.2, 0) is 10.9 Å². The van der Waals surface area contributed by atoms with Crippen LogP contribution in [0, 0.1) is 0 Å². The highest BCUT2D eigenvalue weighted by Gasteiger charge is 2.35. The Kier molecular flexibility index (Phi) is 4.35. The highest BCUT2D eigenvalue weighted by atomic mass is 79.9. The average Bonchev–Trinajstić information content (AvgIpc) is 2.25. The van der Waals surface area contributed by atoms with Gasteiger partial charge >= 0.3 is 6.18 Å². The molecular formula is C14H17BrF3NO. The second-order valence-corrected chi connectivity index (χ2v) is 6.55. The van der Waals surface area contributed by atoms with Crippen LogP contribution in [0.1, 0.15) is 32.3 Å². The van der Waals surface area contributed by atoms with E-state index < -0.39 is 11.7 Å². The van der Waals surface area contributed by atoms with Gasteiger partial charge in [0.1, 0.15) is 0 Å². The van der Waals surface area contributed by atoms with Crippen molar-refractivity contribution in [1.82, 2.24) is 0 Å². The lowest BCUT2D eigenvalue weighted by molar-refractivity contribution is -0.137. The molecule has 1 aliphatic heterocycles. The number of nitrogens with one attached hydrogen (secondary N) is 1. The summed E-state index contributed by atoms with van der Waals surface area (Å²) in [5.74, 6) is 0. The van der Waals surface area contributed by atoms with E-state index >= 15 is 0 Å². The largest absolute Gasteiger partial charge is 0.418 e. The molecule has 1 aromatic rings. The van der Waals surface area contributed by atoms with Gasteiger partial charge in [-0.25, -0.2) is 0 Å². The summed E-state index contributed by atoms with van der Waals surface area (Å²) >= 11 is 3.22. The van der Waals surface area contributed by atoms with E-state index in [1.54, 1.807) is 0 Å². The highest BCUT2D eigenvalue weighted by molar-refractivity contribution is 9.10. The SMILES string of the molecule is CC1(C)CC(Nc2cc(Br)ccc2C(F)(F)F)CCO1. The van der Waals surface area contributed by atoms with E-state index in [-0.39, 0.29) is 17.3 Å². The molecule has 20 heavy (non-hydrogen) atoms. The van der Waals surface area contributed by atoms with Crippen molar-refractivity contribution in [2.75, 3.05) is 11.9 Å². The Balaban J connectivity index is 2.22. The molecule has 0 bridgehead atoms. The Morgan fingerprint density at radius 2 is 2.05 bits per heavy atom. The van der Waals surface area contributed by atoms with Gasteiger partial charge in [0.2, 0.25) is 0 Å². The van der Waals surface area contributed by atoms with Crippen LogP contribution in [0.15, 0.2) is 22.7 Å². The average molecular weight is 352 g/mol. The van der Waals surface area contributed by atoms with Crippen LogP contribution < -0.4 is 5.32 Å². The van der Waals surface area contributed by atoms with E-state index in [1.807, 2.05) is 13.8 Å². The van der Waals surface area contributed by atoms with Crippen molar-refractivity contribution in [1.29, 1.82) is 0 Å². The molecule has 1 saturated heterocycles. The molecule has 1 atom stereocenters. The number of rotatable bonds is 2. The molecular weight excluding hydrogens is 335 g/mol. The van der Waals surface area contributed by atoms with Gasteiger partial charge in [-0.05, 0) is 44.9 Å². The molecule has 0 aromatic heterocycles. The lowest BCUT2D eigenvalue weighted by Gasteiger charge is -2.36. The Morgan fingerprint density at radius 1 is 1.35 bits per heavy atom. The molecule has 112 valence electrons. The Hall–Kier alpha value is -0.750. The first kappa shape index (κ1) is 15.6. The Morgan fingerprint density at radius 3 is 2.65 bits per heavy atom. The summed E-state index contributed by atoms with van der Waals surface area (Å²) in [6, 6.07) is 3.96. The summed E-state index contributed by atoms with van der Waals surface area (Å²) in [6.45, 7) is 4.46. The van der Waals surface area contributed by atoms with Crippen molar-refractivity contribution >= 4 is 21.6 Å². The van der Waals surface area contributed by atoms with Crippen LogP contribution in [0.4, 0.5) is 18.9 Å². The van der Waals surface area contributed by atoms with E-state index in [4.69, 9.17) is 4.74 Å². The summed E-state index contributed by atoms with van der Waals surface area (Å²) < 4.78 is 45.2. The predicted octanol–water partition coefficient (Wildman–Crippen LogP) is 4.84. The van der Waals surface area contributed by atoms with E-state index in [9.17, 15) is 13.2 Å². The fourth-order valence-electron chi connectivity index (χ4n) is 2.46. The van der Waals surface area contributed by atoms with E-state index in [1.165, 1.54) is 12.1 Å². The van der Waals surface area contributed by atoms with Gasteiger partial charge in [-0.1, -0.05) is 15.9 Å². The number of ether oxygens (including phenoxy) is 1. The molecule has 0 aliphatic carbocycles. The van der Waals surface area contributed by atoms with Crippen molar-refractivity contribution in [3.05, 3.63) is 28.2 Å². The zero-order valence-corrected chi connectivity index (χ0v) is 12.9. The van der Waals surface area contributed by atoms with Crippen molar-refractivity contribution in [3.63, 3.8) is 0 Å². The minimum atomic E-state index is -4.36. The van der Waals surface area contributed by atoms with E-state index in [0.717, 1.165) is 6.07 Å². The highest BCUT2D eigenvalue weighted by Crippen LogP contribution is 2.37. The van der Waals surface area contributed by atoms with Gasteiger partial charge in [-0.3, -0.25) is 0 Å². The number of benzene rings is 1. The second-order valence-electron chi connectivity index (χ2n) is 5.63. The Bertz CT molecular complexity index is 488. The molecule has 0 amide bonds. The lowest BCUT2D eigenvalue weighted by atomic mass is 9.93. The predicted molar refractivity (Wildman–Crippen MR) is 75.8 cm³/mol. The molecule has 1 fully saturated rings. The Labute approximate surface area is 124 Å².